The quantitative estimate of drug-likeness (QED) is 0.906. The van der Waals surface area contributed by atoms with Gasteiger partial charge < -0.3 is 10.2 Å². The third-order valence-corrected chi connectivity index (χ3v) is 3.68. The maximum atomic E-state index is 12.1. The number of nitrogens with zero attached hydrogens (tertiary/aromatic N) is 3. The Kier molecular flexibility index (Phi) is 4.46. The normalized spacial score (nSPS) is 10.2. The van der Waals surface area contributed by atoms with E-state index in [1.807, 2.05) is 11.4 Å². The van der Waals surface area contributed by atoms with Crippen LogP contribution in [0.25, 0.3) is 0 Å². The van der Waals surface area contributed by atoms with Crippen molar-refractivity contribution in [3.8, 4) is 0 Å². The Bertz CT molecular complexity index is 524. The average Bonchev–Trinajstić information content (AvgIpc) is 2.97. The summed E-state index contributed by atoms with van der Waals surface area (Å²) < 4.78 is 0. The van der Waals surface area contributed by atoms with Crippen molar-refractivity contribution < 1.29 is 4.79 Å². The van der Waals surface area contributed by atoms with E-state index in [0.29, 0.717) is 18.1 Å². The van der Waals surface area contributed by atoms with Gasteiger partial charge in [0, 0.05) is 25.5 Å². The average molecular weight is 276 g/mol. The van der Waals surface area contributed by atoms with Crippen molar-refractivity contribution >= 4 is 23.1 Å². The van der Waals surface area contributed by atoms with Crippen LogP contribution in [0.4, 0.5) is 5.82 Å². The lowest BCUT2D eigenvalue weighted by Gasteiger charge is -2.16. The molecule has 0 unspecified atom stereocenters. The van der Waals surface area contributed by atoms with Gasteiger partial charge in [0.05, 0.1) is 12.4 Å². The van der Waals surface area contributed by atoms with Crippen LogP contribution in [0, 0.1) is 0 Å². The van der Waals surface area contributed by atoms with Gasteiger partial charge in [0.15, 0.2) is 0 Å². The minimum atomic E-state index is -0.105. The number of anilines is 1. The molecule has 0 bridgehead atoms. The number of likely N-dealkylation sites (N-methyl/N-ethyl adjacent to an activating group) is 1. The lowest BCUT2D eigenvalue weighted by atomic mass is 10.3. The zero-order valence-corrected chi connectivity index (χ0v) is 11.8. The highest BCUT2D eigenvalue weighted by molar-refractivity contribution is 7.09. The largest absolute Gasteiger partial charge is 0.372 e. The van der Waals surface area contributed by atoms with Gasteiger partial charge in [0.2, 0.25) is 0 Å². The van der Waals surface area contributed by atoms with E-state index in [9.17, 15) is 4.79 Å². The van der Waals surface area contributed by atoms with Crippen LogP contribution >= 0.6 is 11.3 Å². The molecule has 0 aromatic carbocycles. The summed E-state index contributed by atoms with van der Waals surface area (Å²) in [6.07, 6.45) is 3.91. The van der Waals surface area contributed by atoms with Crippen LogP contribution < -0.4 is 5.32 Å². The van der Waals surface area contributed by atoms with Gasteiger partial charge in [0.25, 0.3) is 5.91 Å². The molecule has 2 aromatic rings. The summed E-state index contributed by atoms with van der Waals surface area (Å²) in [5.41, 5.74) is 0.368. The molecule has 0 aliphatic carbocycles. The van der Waals surface area contributed by atoms with Gasteiger partial charge >= 0.3 is 0 Å². The molecule has 100 valence electrons. The van der Waals surface area contributed by atoms with Gasteiger partial charge in [-0.25, -0.2) is 9.97 Å². The predicted molar refractivity (Wildman–Crippen MR) is 76.6 cm³/mol. The van der Waals surface area contributed by atoms with Gasteiger partial charge in [-0.05, 0) is 17.9 Å². The van der Waals surface area contributed by atoms with Gasteiger partial charge in [-0.1, -0.05) is 6.07 Å². The third-order valence-electron chi connectivity index (χ3n) is 2.75. The Labute approximate surface area is 116 Å². The van der Waals surface area contributed by atoms with Crippen molar-refractivity contribution in [3.63, 3.8) is 0 Å². The summed E-state index contributed by atoms with van der Waals surface area (Å²) in [5.74, 6) is 0.546. The fourth-order valence-electron chi connectivity index (χ4n) is 1.60. The van der Waals surface area contributed by atoms with Crippen LogP contribution in [-0.4, -0.2) is 41.4 Å². The Hall–Kier alpha value is -1.95. The van der Waals surface area contributed by atoms with Crippen molar-refractivity contribution in [2.45, 2.75) is 6.42 Å². The Morgan fingerprint density at radius 3 is 2.84 bits per heavy atom. The molecular weight excluding hydrogens is 260 g/mol. The highest BCUT2D eigenvalue weighted by atomic mass is 32.1. The van der Waals surface area contributed by atoms with E-state index in [2.05, 4.69) is 21.4 Å². The molecule has 0 fully saturated rings. The number of rotatable bonds is 5. The minimum Gasteiger partial charge on any atom is -0.372 e. The highest BCUT2D eigenvalue weighted by Crippen LogP contribution is 2.10. The summed E-state index contributed by atoms with van der Waals surface area (Å²) >= 11 is 1.70. The number of hydrogen-bond acceptors (Lipinski definition) is 5. The first-order chi connectivity index (χ1) is 9.20. The maximum Gasteiger partial charge on any atom is 0.273 e. The minimum absolute atomic E-state index is 0.105. The number of nitrogens with one attached hydrogen (secondary N) is 1. The summed E-state index contributed by atoms with van der Waals surface area (Å²) in [4.78, 5) is 23.2. The molecule has 0 atom stereocenters. The number of thiophene rings is 1. The number of hydrogen-bond donors (Lipinski definition) is 1. The fraction of sp³-hybridized carbons (Fsp3) is 0.308. The molecule has 0 saturated carbocycles. The van der Waals surface area contributed by atoms with Crippen molar-refractivity contribution in [2.75, 3.05) is 26.0 Å². The van der Waals surface area contributed by atoms with Crippen LogP contribution in [0.1, 0.15) is 15.4 Å². The number of aromatic nitrogens is 2. The van der Waals surface area contributed by atoms with Crippen LogP contribution in [0.3, 0.4) is 0 Å². The van der Waals surface area contributed by atoms with Crippen LogP contribution in [0.5, 0.6) is 0 Å². The summed E-state index contributed by atoms with van der Waals surface area (Å²) in [6, 6.07) is 4.09. The Morgan fingerprint density at radius 2 is 2.26 bits per heavy atom. The van der Waals surface area contributed by atoms with Gasteiger partial charge in [0.1, 0.15) is 11.5 Å². The van der Waals surface area contributed by atoms with E-state index in [1.165, 1.54) is 11.1 Å². The van der Waals surface area contributed by atoms with E-state index < -0.39 is 0 Å². The van der Waals surface area contributed by atoms with Gasteiger partial charge in [-0.15, -0.1) is 11.3 Å². The van der Waals surface area contributed by atoms with E-state index in [-0.39, 0.29) is 5.91 Å². The Morgan fingerprint density at radius 1 is 1.42 bits per heavy atom. The second-order valence-corrected chi connectivity index (χ2v) is 5.13. The first-order valence-electron chi connectivity index (χ1n) is 5.98. The molecule has 0 aliphatic rings. The molecule has 0 radical (unpaired) electrons. The molecule has 2 heterocycles. The molecule has 2 aromatic heterocycles. The second kappa shape index (κ2) is 6.29. The number of amides is 1. The van der Waals surface area contributed by atoms with E-state index in [0.717, 1.165) is 6.42 Å². The second-order valence-electron chi connectivity index (χ2n) is 4.09. The van der Waals surface area contributed by atoms with Gasteiger partial charge in [-0.3, -0.25) is 4.79 Å². The highest BCUT2D eigenvalue weighted by Gasteiger charge is 2.13. The van der Waals surface area contributed by atoms with Crippen molar-refractivity contribution in [3.05, 3.63) is 40.5 Å². The molecule has 0 saturated heterocycles. The summed E-state index contributed by atoms with van der Waals surface area (Å²) in [6.45, 7) is 0.675. The topological polar surface area (TPSA) is 58.1 Å². The molecule has 2 rings (SSSR count). The van der Waals surface area contributed by atoms with Crippen molar-refractivity contribution in [1.29, 1.82) is 0 Å². The lowest BCUT2D eigenvalue weighted by Crippen LogP contribution is -2.29. The first-order valence-corrected chi connectivity index (χ1v) is 6.86. The third kappa shape index (κ3) is 3.51. The fourth-order valence-corrected chi connectivity index (χ4v) is 2.30. The first kappa shape index (κ1) is 13.5. The monoisotopic (exact) mass is 276 g/mol. The smallest absolute Gasteiger partial charge is 0.273 e. The molecule has 5 nitrogen and oxygen atoms in total. The summed E-state index contributed by atoms with van der Waals surface area (Å²) in [7, 11) is 3.54. The molecule has 1 amide bonds. The number of carbonyl (C=O) groups excluding carboxylic acids is 1. The van der Waals surface area contributed by atoms with Crippen molar-refractivity contribution in [2.24, 2.45) is 0 Å². The zero-order chi connectivity index (χ0) is 13.7. The SMILES string of the molecule is CNc1cnc(C(=O)N(C)CCc2cccs2)cn1. The molecule has 1 N–H and O–H groups in total. The summed E-state index contributed by atoms with van der Waals surface area (Å²) in [5, 5.41) is 4.91. The Balaban J connectivity index is 1.94. The lowest BCUT2D eigenvalue weighted by molar-refractivity contribution is 0.0790. The predicted octanol–water partition coefficient (Wildman–Crippen LogP) is 1.89. The molecule has 0 aliphatic heterocycles. The van der Waals surface area contributed by atoms with E-state index in [4.69, 9.17) is 0 Å². The zero-order valence-electron chi connectivity index (χ0n) is 11.0. The standard InChI is InChI=1S/C13H16N4OS/c1-14-12-9-15-11(8-16-12)13(18)17(2)6-5-10-4-3-7-19-10/h3-4,7-9H,5-6H2,1-2H3,(H,14,16). The van der Waals surface area contributed by atoms with E-state index >= 15 is 0 Å². The van der Waals surface area contributed by atoms with Crippen molar-refractivity contribution in [1.82, 2.24) is 14.9 Å². The number of carbonyl (C=O) groups is 1. The van der Waals surface area contributed by atoms with Gasteiger partial charge in [-0.2, -0.15) is 0 Å². The van der Waals surface area contributed by atoms with E-state index in [1.54, 1.807) is 36.5 Å². The molecular formula is C13H16N4OS. The van der Waals surface area contributed by atoms with Crippen LogP contribution in [0.2, 0.25) is 0 Å². The van der Waals surface area contributed by atoms with Crippen LogP contribution in [0.15, 0.2) is 29.9 Å². The molecule has 0 spiro atoms. The molecule has 6 heteroatoms. The van der Waals surface area contributed by atoms with Crippen LogP contribution in [-0.2, 0) is 6.42 Å². The molecule has 19 heavy (non-hydrogen) atoms. The maximum absolute atomic E-state index is 12.1.